The summed E-state index contributed by atoms with van der Waals surface area (Å²) in [4.78, 5) is 10.7. The van der Waals surface area contributed by atoms with E-state index in [0.717, 1.165) is 45.0 Å². The molecule has 0 atom stereocenters. The van der Waals surface area contributed by atoms with Crippen LogP contribution in [0.1, 0.15) is 22.7 Å². The molecule has 0 bridgehead atoms. The van der Waals surface area contributed by atoms with E-state index in [-0.39, 0.29) is 0 Å². The zero-order valence-corrected chi connectivity index (χ0v) is 14.9. The smallest absolute Gasteiger partial charge is 0.0953 e. The van der Waals surface area contributed by atoms with E-state index in [2.05, 4.69) is 51.0 Å². The second-order valence-electron chi connectivity index (χ2n) is 6.33. The number of nitrogens with zero attached hydrogens (tertiary/aromatic N) is 4. The molecule has 0 unspecified atom stereocenters. The van der Waals surface area contributed by atoms with Crippen molar-refractivity contribution in [1.82, 2.24) is 19.4 Å². The summed E-state index contributed by atoms with van der Waals surface area (Å²) >= 11 is 1.84. The van der Waals surface area contributed by atoms with Crippen molar-refractivity contribution < 1.29 is 4.74 Å². The van der Waals surface area contributed by atoms with Crippen LogP contribution in [0.3, 0.4) is 0 Å². The summed E-state index contributed by atoms with van der Waals surface area (Å²) in [5, 5.41) is 2.15. The number of thiophene rings is 1. The fourth-order valence-electron chi connectivity index (χ4n) is 2.87. The number of likely N-dealkylation sites (N-methyl/N-ethyl adjacent to an activating group) is 1. The highest BCUT2D eigenvalue weighted by atomic mass is 32.1. The summed E-state index contributed by atoms with van der Waals surface area (Å²) in [6.45, 7) is 6.50. The Morgan fingerprint density at radius 1 is 1.35 bits per heavy atom. The van der Waals surface area contributed by atoms with Gasteiger partial charge in [0.2, 0.25) is 0 Å². The number of hydrogen-bond donors (Lipinski definition) is 0. The Labute approximate surface area is 142 Å². The van der Waals surface area contributed by atoms with Gasteiger partial charge in [0.1, 0.15) is 0 Å². The molecular formula is C17H26N4OS. The number of hydrogen-bond acceptors (Lipinski definition) is 5. The third-order valence-corrected chi connectivity index (χ3v) is 5.02. The molecule has 0 amide bonds. The van der Waals surface area contributed by atoms with Gasteiger partial charge in [-0.05, 0) is 32.0 Å². The molecular weight excluding hydrogens is 308 g/mol. The number of aromatic nitrogens is 2. The Balaban J connectivity index is 1.61. The average molecular weight is 334 g/mol. The SMILES string of the molecule is CN(C)CCOCc1ncn2c1CN(Cc1cccs1)CCC2. The molecule has 0 fully saturated rings. The number of ether oxygens (including phenoxy) is 1. The van der Waals surface area contributed by atoms with Gasteiger partial charge in [0.15, 0.2) is 0 Å². The molecule has 0 spiro atoms. The van der Waals surface area contributed by atoms with Gasteiger partial charge in [-0.15, -0.1) is 11.3 Å². The van der Waals surface area contributed by atoms with Crippen molar-refractivity contribution in [2.45, 2.75) is 32.7 Å². The van der Waals surface area contributed by atoms with Crippen molar-refractivity contribution in [3.05, 3.63) is 40.1 Å². The Kier molecular flexibility index (Phi) is 5.83. The van der Waals surface area contributed by atoms with E-state index in [0.29, 0.717) is 6.61 Å². The molecule has 0 N–H and O–H groups in total. The Morgan fingerprint density at radius 3 is 3.04 bits per heavy atom. The molecule has 0 saturated carbocycles. The van der Waals surface area contributed by atoms with Gasteiger partial charge in [-0.1, -0.05) is 6.07 Å². The van der Waals surface area contributed by atoms with Crippen LogP contribution in [0.2, 0.25) is 0 Å². The molecule has 6 heteroatoms. The minimum absolute atomic E-state index is 0.614. The molecule has 0 radical (unpaired) electrons. The maximum absolute atomic E-state index is 5.80. The quantitative estimate of drug-likeness (QED) is 0.728. The van der Waals surface area contributed by atoms with E-state index in [9.17, 15) is 0 Å². The molecule has 1 aliphatic heterocycles. The lowest BCUT2D eigenvalue weighted by Crippen LogP contribution is -2.23. The number of fused-ring (bicyclic) bond motifs is 1. The molecule has 1 aliphatic rings. The van der Waals surface area contributed by atoms with Gasteiger partial charge in [-0.3, -0.25) is 4.90 Å². The standard InChI is InChI=1S/C17H26N4OS/c1-19(2)8-9-22-13-16-17-12-20(11-15-5-3-10-23-15)6-4-7-21(17)14-18-16/h3,5,10,14H,4,6-9,11-13H2,1-2H3. The van der Waals surface area contributed by atoms with Crippen molar-refractivity contribution >= 4 is 11.3 Å². The highest BCUT2D eigenvalue weighted by Crippen LogP contribution is 2.20. The molecule has 2 aromatic heterocycles. The largest absolute Gasteiger partial charge is 0.374 e. The van der Waals surface area contributed by atoms with Crippen molar-refractivity contribution in [1.29, 1.82) is 0 Å². The summed E-state index contributed by atoms with van der Waals surface area (Å²) in [7, 11) is 4.13. The van der Waals surface area contributed by atoms with Gasteiger partial charge in [0.05, 0.1) is 30.9 Å². The molecule has 5 nitrogen and oxygen atoms in total. The van der Waals surface area contributed by atoms with E-state index >= 15 is 0 Å². The highest BCUT2D eigenvalue weighted by molar-refractivity contribution is 7.09. The van der Waals surface area contributed by atoms with Crippen LogP contribution in [0.25, 0.3) is 0 Å². The lowest BCUT2D eigenvalue weighted by molar-refractivity contribution is 0.102. The molecule has 23 heavy (non-hydrogen) atoms. The number of aryl methyl sites for hydroxylation is 1. The van der Waals surface area contributed by atoms with Gasteiger partial charge in [0, 0.05) is 37.6 Å². The van der Waals surface area contributed by atoms with E-state index in [4.69, 9.17) is 4.74 Å². The second-order valence-corrected chi connectivity index (χ2v) is 7.36. The second kappa shape index (κ2) is 8.06. The van der Waals surface area contributed by atoms with Crippen LogP contribution in [-0.4, -0.2) is 53.1 Å². The van der Waals surface area contributed by atoms with Crippen LogP contribution in [0.5, 0.6) is 0 Å². The molecule has 3 heterocycles. The van der Waals surface area contributed by atoms with Gasteiger partial charge in [-0.25, -0.2) is 4.98 Å². The maximum Gasteiger partial charge on any atom is 0.0953 e. The molecule has 0 aromatic carbocycles. The summed E-state index contributed by atoms with van der Waals surface area (Å²) in [5.41, 5.74) is 2.42. The first kappa shape index (κ1) is 16.6. The predicted octanol–water partition coefficient (Wildman–Crippen LogP) is 2.43. The lowest BCUT2D eigenvalue weighted by Gasteiger charge is -2.19. The fraction of sp³-hybridized carbons (Fsp3) is 0.588. The van der Waals surface area contributed by atoms with Crippen LogP contribution in [0, 0.1) is 0 Å². The first-order valence-corrected chi connectivity index (χ1v) is 9.10. The molecule has 2 aromatic rings. The zero-order valence-electron chi connectivity index (χ0n) is 14.1. The van der Waals surface area contributed by atoms with Crippen LogP contribution < -0.4 is 0 Å². The highest BCUT2D eigenvalue weighted by Gasteiger charge is 2.19. The van der Waals surface area contributed by atoms with Gasteiger partial charge in [-0.2, -0.15) is 0 Å². The number of rotatable bonds is 7. The first-order valence-electron chi connectivity index (χ1n) is 8.22. The van der Waals surface area contributed by atoms with E-state index < -0.39 is 0 Å². The predicted molar refractivity (Wildman–Crippen MR) is 93.5 cm³/mol. The van der Waals surface area contributed by atoms with Crippen molar-refractivity contribution in [2.24, 2.45) is 0 Å². The lowest BCUT2D eigenvalue weighted by atomic mass is 10.3. The average Bonchev–Trinajstić information content (AvgIpc) is 3.10. The maximum atomic E-state index is 5.80. The summed E-state index contributed by atoms with van der Waals surface area (Å²) in [5.74, 6) is 0. The minimum Gasteiger partial charge on any atom is -0.374 e. The first-order chi connectivity index (χ1) is 11.2. The Bertz CT molecular complexity index is 594. The third kappa shape index (κ3) is 4.64. The summed E-state index contributed by atoms with van der Waals surface area (Å²) in [6, 6.07) is 4.35. The monoisotopic (exact) mass is 334 g/mol. The van der Waals surface area contributed by atoms with E-state index in [1.807, 2.05) is 17.7 Å². The van der Waals surface area contributed by atoms with Crippen molar-refractivity contribution in [2.75, 3.05) is 33.8 Å². The number of imidazole rings is 1. The van der Waals surface area contributed by atoms with Crippen LogP contribution >= 0.6 is 11.3 Å². The topological polar surface area (TPSA) is 33.5 Å². The summed E-state index contributed by atoms with van der Waals surface area (Å²) in [6.07, 6.45) is 3.16. The minimum atomic E-state index is 0.614. The van der Waals surface area contributed by atoms with Crippen molar-refractivity contribution in [3.8, 4) is 0 Å². The molecule has 0 saturated heterocycles. The van der Waals surface area contributed by atoms with E-state index in [1.165, 1.54) is 17.0 Å². The normalized spacial score (nSPS) is 15.8. The van der Waals surface area contributed by atoms with Gasteiger partial charge in [0.25, 0.3) is 0 Å². The van der Waals surface area contributed by atoms with Gasteiger partial charge >= 0.3 is 0 Å². The fourth-order valence-corrected chi connectivity index (χ4v) is 3.62. The van der Waals surface area contributed by atoms with Crippen molar-refractivity contribution in [3.63, 3.8) is 0 Å². The van der Waals surface area contributed by atoms with Crippen LogP contribution in [0.15, 0.2) is 23.8 Å². The summed E-state index contributed by atoms with van der Waals surface area (Å²) < 4.78 is 8.11. The van der Waals surface area contributed by atoms with Gasteiger partial charge < -0.3 is 14.2 Å². The molecule has 126 valence electrons. The Morgan fingerprint density at radius 2 is 2.26 bits per heavy atom. The van der Waals surface area contributed by atoms with Crippen LogP contribution in [-0.2, 0) is 31.0 Å². The molecule has 0 aliphatic carbocycles. The van der Waals surface area contributed by atoms with E-state index in [1.54, 1.807) is 0 Å². The Hall–Kier alpha value is -1.21. The third-order valence-electron chi connectivity index (χ3n) is 4.16. The molecule has 3 rings (SSSR count). The van der Waals surface area contributed by atoms with Crippen LogP contribution in [0.4, 0.5) is 0 Å². The zero-order chi connectivity index (χ0) is 16.1.